The molecular formula is C13H18N2O. The van der Waals surface area contributed by atoms with Gasteiger partial charge in [-0.2, -0.15) is 0 Å². The molecule has 0 N–H and O–H groups in total. The van der Waals surface area contributed by atoms with E-state index in [-0.39, 0.29) is 0 Å². The van der Waals surface area contributed by atoms with Crippen molar-refractivity contribution in [2.45, 2.75) is 20.3 Å². The van der Waals surface area contributed by atoms with Crippen LogP contribution in [0.4, 0.5) is 5.82 Å². The van der Waals surface area contributed by atoms with E-state index in [1.165, 1.54) is 6.42 Å². The van der Waals surface area contributed by atoms with Crippen molar-refractivity contribution in [3.8, 4) is 0 Å². The monoisotopic (exact) mass is 218 g/mol. The molecule has 0 bridgehead atoms. The quantitative estimate of drug-likeness (QED) is 0.730. The van der Waals surface area contributed by atoms with Gasteiger partial charge in [-0.15, -0.1) is 0 Å². The second-order valence-corrected chi connectivity index (χ2v) is 4.81. The molecule has 1 unspecified atom stereocenters. The Morgan fingerprint density at radius 2 is 2.31 bits per heavy atom. The Kier molecular flexibility index (Phi) is 3.22. The summed E-state index contributed by atoms with van der Waals surface area (Å²) in [6.07, 6.45) is 3.72. The van der Waals surface area contributed by atoms with E-state index in [2.05, 4.69) is 23.7 Å². The summed E-state index contributed by atoms with van der Waals surface area (Å²) >= 11 is 0. The molecule has 1 aliphatic rings. The zero-order chi connectivity index (χ0) is 11.5. The van der Waals surface area contributed by atoms with Crippen molar-refractivity contribution < 1.29 is 4.79 Å². The highest BCUT2D eigenvalue weighted by atomic mass is 16.1. The molecule has 1 fully saturated rings. The number of carbonyl (C=O) groups excluding carboxylic acids is 1. The minimum absolute atomic E-state index is 0.642. The normalized spacial score (nSPS) is 20.4. The summed E-state index contributed by atoms with van der Waals surface area (Å²) in [5.74, 6) is 2.50. The first-order valence-corrected chi connectivity index (χ1v) is 5.87. The number of hydrogen-bond acceptors (Lipinski definition) is 3. The van der Waals surface area contributed by atoms with Gasteiger partial charge < -0.3 is 4.90 Å². The molecule has 0 aliphatic carbocycles. The molecule has 0 radical (unpaired) electrons. The number of anilines is 1. The van der Waals surface area contributed by atoms with Crippen molar-refractivity contribution in [1.82, 2.24) is 4.98 Å². The zero-order valence-electron chi connectivity index (χ0n) is 9.89. The average Bonchev–Trinajstić information content (AvgIpc) is 2.78. The summed E-state index contributed by atoms with van der Waals surface area (Å²) in [7, 11) is 0. The first-order chi connectivity index (χ1) is 7.70. The van der Waals surface area contributed by atoms with E-state index >= 15 is 0 Å². The smallest absolute Gasteiger partial charge is 0.151 e. The fraction of sp³-hybridized carbons (Fsp3) is 0.538. The van der Waals surface area contributed by atoms with Gasteiger partial charge in [0.1, 0.15) is 5.82 Å². The molecule has 1 aromatic rings. The number of pyridine rings is 1. The zero-order valence-corrected chi connectivity index (χ0v) is 9.89. The van der Waals surface area contributed by atoms with Crippen molar-refractivity contribution in [3.05, 3.63) is 23.9 Å². The maximum absolute atomic E-state index is 10.5. The maximum Gasteiger partial charge on any atom is 0.151 e. The lowest BCUT2D eigenvalue weighted by Crippen LogP contribution is -2.22. The number of hydrogen-bond donors (Lipinski definition) is 0. The molecule has 1 aliphatic heterocycles. The standard InChI is InChI=1S/C13H18N2O/c1-10(2)12-5-6-15(8-12)13-4-3-11(9-16)7-14-13/h3-4,7,9-10,12H,5-6,8H2,1-2H3. The van der Waals surface area contributed by atoms with E-state index in [0.717, 1.165) is 37.0 Å². The topological polar surface area (TPSA) is 33.2 Å². The minimum atomic E-state index is 0.642. The summed E-state index contributed by atoms with van der Waals surface area (Å²) in [6.45, 7) is 6.72. The van der Waals surface area contributed by atoms with Crippen molar-refractivity contribution in [2.75, 3.05) is 18.0 Å². The van der Waals surface area contributed by atoms with Crippen LogP contribution in [-0.2, 0) is 0 Å². The fourth-order valence-corrected chi connectivity index (χ4v) is 2.19. The van der Waals surface area contributed by atoms with E-state index in [1.54, 1.807) is 6.20 Å². The van der Waals surface area contributed by atoms with Gasteiger partial charge in [-0.05, 0) is 30.4 Å². The van der Waals surface area contributed by atoms with Crippen LogP contribution in [0, 0.1) is 11.8 Å². The Morgan fingerprint density at radius 1 is 1.50 bits per heavy atom. The van der Waals surface area contributed by atoms with Crippen LogP contribution in [0.25, 0.3) is 0 Å². The van der Waals surface area contributed by atoms with Crippen LogP contribution in [-0.4, -0.2) is 24.4 Å². The van der Waals surface area contributed by atoms with E-state index in [9.17, 15) is 4.79 Å². The van der Waals surface area contributed by atoms with Gasteiger partial charge in [-0.1, -0.05) is 13.8 Å². The van der Waals surface area contributed by atoms with Gasteiger partial charge in [-0.25, -0.2) is 4.98 Å². The molecule has 1 saturated heterocycles. The maximum atomic E-state index is 10.5. The van der Waals surface area contributed by atoms with Crippen molar-refractivity contribution >= 4 is 12.1 Å². The number of carbonyl (C=O) groups is 1. The average molecular weight is 218 g/mol. The highest BCUT2D eigenvalue weighted by molar-refractivity contribution is 5.74. The number of nitrogens with zero attached hydrogens (tertiary/aromatic N) is 2. The third kappa shape index (κ3) is 2.23. The highest BCUT2D eigenvalue weighted by Crippen LogP contribution is 2.26. The first-order valence-electron chi connectivity index (χ1n) is 5.87. The molecule has 16 heavy (non-hydrogen) atoms. The van der Waals surface area contributed by atoms with Gasteiger partial charge in [0.25, 0.3) is 0 Å². The predicted molar refractivity (Wildman–Crippen MR) is 64.8 cm³/mol. The van der Waals surface area contributed by atoms with Gasteiger partial charge in [0.15, 0.2) is 6.29 Å². The molecule has 86 valence electrons. The third-order valence-corrected chi connectivity index (χ3v) is 3.40. The van der Waals surface area contributed by atoms with Crippen molar-refractivity contribution in [1.29, 1.82) is 0 Å². The molecule has 0 saturated carbocycles. The first kappa shape index (κ1) is 11.1. The largest absolute Gasteiger partial charge is 0.356 e. The highest BCUT2D eigenvalue weighted by Gasteiger charge is 2.25. The molecule has 2 heterocycles. The molecule has 1 atom stereocenters. The van der Waals surface area contributed by atoms with Crippen LogP contribution in [0.2, 0.25) is 0 Å². The van der Waals surface area contributed by atoms with Crippen LogP contribution >= 0.6 is 0 Å². The van der Waals surface area contributed by atoms with Crippen molar-refractivity contribution in [2.24, 2.45) is 11.8 Å². The molecular weight excluding hydrogens is 200 g/mol. The molecule has 3 nitrogen and oxygen atoms in total. The number of rotatable bonds is 3. The SMILES string of the molecule is CC(C)C1CCN(c2ccc(C=O)cn2)C1. The third-order valence-electron chi connectivity index (χ3n) is 3.40. The fourth-order valence-electron chi connectivity index (χ4n) is 2.19. The number of aldehydes is 1. The Hall–Kier alpha value is -1.38. The summed E-state index contributed by atoms with van der Waals surface area (Å²) < 4.78 is 0. The lowest BCUT2D eigenvalue weighted by Gasteiger charge is -2.18. The molecule has 0 aromatic carbocycles. The van der Waals surface area contributed by atoms with Crippen LogP contribution in [0.1, 0.15) is 30.6 Å². The van der Waals surface area contributed by atoms with Gasteiger partial charge in [0, 0.05) is 24.8 Å². The lowest BCUT2D eigenvalue weighted by molar-refractivity contribution is 0.112. The summed E-state index contributed by atoms with van der Waals surface area (Å²) in [5.41, 5.74) is 0.642. The Bertz CT molecular complexity index is 359. The second kappa shape index (κ2) is 4.64. The molecule has 0 spiro atoms. The van der Waals surface area contributed by atoms with E-state index in [4.69, 9.17) is 0 Å². The van der Waals surface area contributed by atoms with Crippen LogP contribution in [0.5, 0.6) is 0 Å². The van der Waals surface area contributed by atoms with Crippen LogP contribution in [0.15, 0.2) is 18.3 Å². The van der Waals surface area contributed by atoms with E-state index in [0.29, 0.717) is 5.56 Å². The summed E-state index contributed by atoms with van der Waals surface area (Å²) in [4.78, 5) is 17.2. The summed E-state index contributed by atoms with van der Waals surface area (Å²) in [5, 5.41) is 0. The lowest BCUT2D eigenvalue weighted by atomic mass is 9.95. The predicted octanol–water partition coefficient (Wildman–Crippen LogP) is 2.38. The van der Waals surface area contributed by atoms with Gasteiger partial charge in [0.2, 0.25) is 0 Å². The second-order valence-electron chi connectivity index (χ2n) is 4.81. The van der Waals surface area contributed by atoms with Crippen LogP contribution < -0.4 is 4.90 Å². The van der Waals surface area contributed by atoms with E-state index in [1.807, 2.05) is 12.1 Å². The minimum Gasteiger partial charge on any atom is -0.356 e. The molecule has 2 rings (SSSR count). The van der Waals surface area contributed by atoms with Crippen LogP contribution in [0.3, 0.4) is 0 Å². The molecule has 3 heteroatoms. The van der Waals surface area contributed by atoms with Gasteiger partial charge in [0.05, 0.1) is 0 Å². The Labute approximate surface area is 96.5 Å². The number of aromatic nitrogens is 1. The van der Waals surface area contributed by atoms with Crippen molar-refractivity contribution in [3.63, 3.8) is 0 Å². The van der Waals surface area contributed by atoms with Gasteiger partial charge in [-0.3, -0.25) is 4.79 Å². The van der Waals surface area contributed by atoms with E-state index < -0.39 is 0 Å². The Balaban J connectivity index is 2.05. The summed E-state index contributed by atoms with van der Waals surface area (Å²) in [6, 6.07) is 3.77. The molecule has 1 aromatic heterocycles. The Morgan fingerprint density at radius 3 is 2.81 bits per heavy atom. The molecule has 0 amide bonds. The van der Waals surface area contributed by atoms with Gasteiger partial charge >= 0.3 is 0 Å².